The summed E-state index contributed by atoms with van der Waals surface area (Å²) in [7, 11) is 0. The Kier molecular flexibility index (Phi) is 4.73. The summed E-state index contributed by atoms with van der Waals surface area (Å²) in [5, 5.41) is 11.8. The molecule has 2 N–H and O–H groups in total. The van der Waals surface area contributed by atoms with Gasteiger partial charge in [-0.05, 0) is 31.4 Å². The zero-order valence-electron chi connectivity index (χ0n) is 10.7. The Balaban J connectivity index is 2.16. The highest BCUT2D eigenvalue weighted by atomic mass is 35.5. The SMILES string of the molecule is O=C(O)c1cc(Cl)c(NC(=O)N2CCCCC2)c(Cl)c1. The number of nitrogens with zero attached hydrogens (tertiary/aromatic N) is 1. The Morgan fingerprint density at radius 1 is 1.10 bits per heavy atom. The Morgan fingerprint density at radius 2 is 1.65 bits per heavy atom. The van der Waals surface area contributed by atoms with Crippen LogP contribution in [0.1, 0.15) is 29.6 Å². The van der Waals surface area contributed by atoms with E-state index in [-0.39, 0.29) is 27.3 Å². The fourth-order valence-electron chi connectivity index (χ4n) is 2.10. The van der Waals surface area contributed by atoms with Crippen molar-refractivity contribution in [2.24, 2.45) is 0 Å². The second-order valence-electron chi connectivity index (χ2n) is 4.60. The van der Waals surface area contributed by atoms with Crippen LogP contribution in [0.4, 0.5) is 10.5 Å². The summed E-state index contributed by atoms with van der Waals surface area (Å²) in [6.45, 7) is 1.41. The molecule has 0 aromatic heterocycles. The standard InChI is InChI=1S/C13H14Cl2N2O3/c14-9-6-8(12(18)19)7-10(15)11(9)16-13(20)17-4-2-1-3-5-17/h6-7H,1-5H2,(H,16,20)(H,18,19). The van der Waals surface area contributed by atoms with Gasteiger partial charge < -0.3 is 15.3 Å². The van der Waals surface area contributed by atoms with Crippen LogP contribution in [-0.4, -0.2) is 35.1 Å². The maximum atomic E-state index is 12.1. The fraction of sp³-hybridized carbons (Fsp3) is 0.385. The average Bonchev–Trinajstić information content (AvgIpc) is 2.43. The van der Waals surface area contributed by atoms with Crippen molar-refractivity contribution in [3.8, 4) is 0 Å². The minimum Gasteiger partial charge on any atom is -0.478 e. The number of carbonyl (C=O) groups is 2. The number of hydrogen-bond donors (Lipinski definition) is 2. The van der Waals surface area contributed by atoms with Crippen molar-refractivity contribution in [1.29, 1.82) is 0 Å². The molecule has 0 aliphatic carbocycles. The van der Waals surface area contributed by atoms with Gasteiger partial charge >= 0.3 is 12.0 Å². The van der Waals surface area contributed by atoms with Gasteiger partial charge in [-0.3, -0.25) is 0 Å². The van der Waals surface area contributed by atoms with Crippen LogP contribution >= 0.6 is 23.2 Å². The van der Waals surface area contributed by atoms with E-state index in [0.717, 1.165) is 19.3 Å². The lowest BCUT2D eigenvalue weighted by Gasteiger charge is -2.27. The molecule has 0 spiro atoms. The minimum absolute atomic E-state index is 0.0176. The van der Waals surface area contributed by atoms with Gasteiger partial charge in [0.15, 0.2) is 0 Å². The summed E-state index contributed by atoms with van der Waals surface area (Å²) < 4.78 is 0. The molecule has 1 heterocycles. The summed E-state index contributed by atoms with van der Waals surface area (Å²) in [5.41, 5.74) is 0.227. The fourth-order valence-corrected chi connectivity index (χ4v) is 2.68. The third-order valence-corrected chi connectivity index (χ3v) is 3.76. The van der Waals surface area contributed by atoms with E-state index in [1.54, 1.807) is 4.90 Å². The van der Waals surface area contributed by atoms with Crippen LogP contribution in [0.15, 0.2) is 12.1 Å². The lowest BCUT2D eigenvalue weighted by molar-refractivity contribution is 0.0697. The number of rotatable bonds is 2. The van der Waals surface area contributed by atoms with E-state index >= 15 is 0 Å². The number of carboxylic acids is 1. The molecule has 1 aromatic rings. The molecule has 108 valence electrons. The van der Waals surface area contributed by atoms with Crippen molar-refractivity contribution < 1.29 is 14.7 Å². The predicted molar refractivity (Wildman–Crippen MR) is 77.9 cm³/mol. The second kappa shape index (κ2) is 6.33. The van der Waals surface area contributed by atoms with Crippen molar-refractivity contribution in [2.45, 2.75) is 19.3 Å². The maximum absolute atomic E-state index is 12.1. The van der Waals surface area contributed by atoms with Gasteiger partial charge in [0.05, 0.1) is 21.3 Å². The van der Waals surface area contributed by atoms with Gasteiger partial charge in [0.2, 0.25) is 0 Å². The molecule has 0 atom stereocenters. The van der Waals surface area contributed by atoms with Gasteiger partial charge in [0.1, 0.15) is 0 Å². The van der Waals surface area contributed by atoms with E-state index in [9.17, 15) is 9.59 Å². The van der Waals surface area contributed by atoms with Crippen molar-refractivity contribution in [1.82, 2.24) is 4.90 Å². The highest BCUT2D eigenvalue weighted by Gasteiger charge is 2.19. The van der Waals surface area contributed by atoms with Crippen LogP contribution in [0.25, 0.3) is 0 Å². The number of carbonyl (C=O) groups excluding carboxylic acids is 1. The van der Waals surface area contributed by atoms with Crippen molar-refractivity contribution in [3.63, 3.8) is 0 Å². The summed E-state index contributed by atoms with van der Waals surface area (Å²) in [6.07, 6.45) is 3.08. The van der Waals surface area contributed by atoms with Crippen LogP contribution in [-0.2, 0) is 0 Å². The number of likely N-dealkylation sites (tertiary alicyclic amines) is 1. The van der Waals surface area contributed by atoms with Gasteiger partial charge in [-0.25, -0.2) is 9.59 Å². The zero-order chi connectivity index (χ0) is 14.7. The number of benzene rings is 1. The van der Waals surface area contributed by atoms with Gasteiger partial charge in [-0.1, -0.05) is 23.2 Å². The van der Waals surface area contributed by atoms with Crippen LogP contribution in [0.2, 0.25) is 10.0 Å². The number of halogens is 2. The molecule has 1 aliphatic rings. The molecule has 0 radical (unpaired) electrons. The average molecular weight is 317 g/mol. The molecule has 1 fully saturated rings. The topological polar surface area (TPSA) is 69.6 Å². The highest BCUT2D eigenvalue weighted by molar-refractivity contribution is 6.40. The number of nitrogens with one attached hydrogen (secondary N) is 1. The Hall–Kier alpha value is -1.46. The molecule has 1 saturated heterocycles. The first kappa shape index (κ1) is 14.9. The lowest BCUT2D eigenvalue weighted by Crippen LogP contribution is -2.38. The van der Waals surface area contributed by atoms with Crippen molar-refractivity contribution >= 4 is 40.9 Å². The minimum atomic E-state index is -1.12. The van der Waals surface area contributed by atoms with E-state index in [1.165, 1.54) is 12.1 Å². The largest absolute Gasteiger partial charge is 0.478 e. The molecule has 1 aromatic carbocycles. The molecule has 2 rings (SSSR count). The van der Waals surface area contributed by atoms with Crippen LogP contribution < -0.4 is 5.32 Å². The van der Waals surface area contributed by atoms with E-state index in [0.29, 0.717) is 13.1 Å². The first-order chi connectivity index (χ1) is 9.49. The third kappa shape index (κ3) is 3.35. The zero-order valence-corrected chi connectivity index (χ0v) is 12.2. The highest BCUT2D eigenvalue weighted by Crippen LogP contribution is 2.32. The molecule has 2 amide bonds. The van der Waals surface area contributed by atoms with E-state index < -0.39 is 5.97 Å². The molecule has 0 bridgehead atoms. The molecule has 0 saturated carbocycles. The molecular weight excluding hydrogens is 303 g/mol. The molecule has 1 aliphatic heterocycles. The van der Waals surface area contributed by atoms with Gasteiger partial charge in [0, 0.05) is 13.1 Å². The summed E-state index contributed by atoms with van der Waals surface area (Å²) >= 11 is 12.0. The summed E-state index contributed by atoms with van der Waals surface area (Å²) in [5.74, 6) is -1.12. The Labute approximate surface area is 126 Å². The number of hydrogen-bond acceptors (Lipinski definition) is 2. The lowest BCUT2D eigenvalue weighted by atomic mass is 10.1. The van der Waals surface area contributed by atoms with E-state index in [4.69, 9.17) is 28.3 Å². The Morgan fingerprint density at radius 3 is 2.15 bits per heavy atom. The van der Waals surface area contributed by atoms with Gasteiger partial charge in [-0.15, -0.1) is 0 Å². The van der Waals surface area contributed by atoms with Gasteiger partial charge in [-0.2, -0.15) is 0 Å². The quantitative estimate of drug-likeness (QED) is 0.873. The van der Waals surface area contributed by atoms with Crippen LogP contribution in [0.5, 0.6) is 0 Å². The van der Waals surface area contributed by atoms with Crippen molar-refractivity contribution in [3.05, 3.63) is 27.7 Å². The first-order valence-electron chi connectivity index (χ1n) is 6.27. The summed E-state index contributed by atoms with van der Waals surface area (Å²) in [6, 6.07) is 2.26. The number of carboxylic acid groups (broad SMARTS) is 1. The Bertz CT molecular complexity index is 519. The predicted octanol–water partition coefficient (Wildman–Crippen LogP) is 3.71. The first-order valence-corrected chi connectivity index (χ1v) is 7.03. The number of aromatic carboxylic acids is 1. The number of urea groups is 1. The second-order valence-corrected chi connectivity index (χ2v) is 5.41. The molecule has 7 heteroatoms. The maximum Gasteiger partial charge on any atom is 0.335 e. The number of anilines is 1. The normalized spacial score (nSPS) is 15.0. The van der Waals surface area contributed by atoms with E-state index in [1.807, 2.05) is 0 Å². The molecule has 0 unspecified atom stereocenters. The third-order valence-electron chi connectivity index (χ3n) is 3.16. The molecular formula is C13H14Cl2N2O3. The monoisotopic (exact) mass is 316 g/mol. The number of piperidine rings is 1. The van der Waals surface area contributed by atoms with Crippen LogP contribution in [0.3, 0.4) is 0 Å². The van der Waals surface area contributed by atoms with Crippen molar-refractivity contribution in [2.75, 3.05) is 18.4 Å². The molecule has 20 heavy (non-hydrogen) atoms. The molecule has 5 nitrogen and oxygen atoms in total. The van der Waals surface area contributed by atoms with Crippen LogP contribution in [0, 0.1) is 0 Å². The smallest absolute Gasteiger partial charge is 0.335 e. The van der Waals surface area contributed by atoms with E-state index in [2.05, 4.69) is 5.32 Å². The van der Waals surface area contributed by atoms with Gasteiger partial charge in [0.25, 0.3) is 0 Å². The summed E-state index contributed by atoms with van der Waals surface area (Å²) in [4.78, 5) is 24.6. The number of amides is 2.